The Hall–Kier alpha value is -2.39. The van der Waals surface area contributed by atoms with Crippen molar-refractivity contribution < 1.29 is 32.0 Å². The van der Waals surface area contributed by atoms with E-state index >= 15 is 0 Å². The van der Waals surface area contributed by atoms with Crippen LogP contribution in [0.1, 0.15) is 0 Å². The lowest BCUT2D eigenvalue weighted by Gasteiger charge is -2.09. The smallest absolute Gasteiger partial charge is 0.354 e. The highest BCUT2D eigenvalue weighted by Gasteiger charge is 2.14. The van der Waals surface area contributed by atoms with Crippen LogP contribution in [0.15, 0.2) is 40.9 Å². The van der Waals surface area contributed by atoms with Gasteiger partial charge in [0.2, 0.25) is 0 Å². The number of carbonyl (C=O) groups excluding carboxylic acids is 2. The van der Waals surface area contributed by atoms with Gasteiger partial charge in [0, 0.05) is 5.69 Å². The molecule has 0 heterocycles. The van der Waals surface area contributed by atoms with Crippen LogP contribution in [0.25, 0.3) is 0 Å². The summed E-state index contributed by atoms with van der Waals surface area (Å²) in [4.78, 5) is 22.4. The monoisotopic (exact) mass is 315 g/mol. The first-order valence-electron chi connectivity index (χ1n) is 5.50. The number of hydrogen-bond donors (Lipinski definition) is 2. The van der Waals surface area contributed by atoms with Crippen LogP contribution >= 0.6 is 0 Å². The lowest BCUT2D eigenvalue weighted by molar-refractivity contribution is -0.138. The molecule has 0 saturated heterocycles. The van der Waals surface area contributed by atoms with E-state index in [-0.39, 0.29) is 10.6 Å². The number of esters is 2. The molecule has 2 N–H and O–H groups in total. The van der Waals surface area contributed by atoms with E-state index in [2.05, 4.69) is 14.8 Å². The maximum Gasteiger partial charge on any atom is 0.354 e. The number of anilines is 1. The Labute approximate surface area is 121 Å². The number of ether oxygens (including phenoxy) is 2. The second-order valence-electron chi connectivity index (χ2n) is 3.70. The van der Waals surface area contributed by atoms with Crippen LogP contribution < -0.4 is 5.32 Å². The number of hydrogen-bond acceptors (Lipinski definition) is 7. The van der Waals surface area contributed by atoms with Crippen LogP contribution in [0, 0.1) is 0 Å². The lowest BCUT2D eigenvalue weighted by atomic mass is 10.3. The molecule has 8 nitrogen and oxygen atoms in total. The van der Waals surface area contributed by atoms with E-state index in [1.54, 1.807) is 0 Å². The van der Waals surface area contributed by atoms with E-state index in [9.17, 15) is 18.0 Å². The first-order valence-corrected chi connectivity index (χ1v) is 6.94. The van der Waals surface area contributed by atoms with Crippen molar-refractivity contribution in [2.24, 2.45) is 0 Å². The van der Waals surface area contributed by atoms with E-state index in [1.807, 2.05) is 0 Å². The van der Waals surface area contributed by atoms with Gasteiger partial charge in [-0.15, -0.1) is 0 Å². The van der Waals surface area contributed by atoms with Gasteiger partial charge in [-0.1, -0.05) is 0 Å². The van der Waals surface area contributed by atoms with Gasteiger partial charge in [-0.05, 0) is 24.3 Å². The highest BCUT2D eigenvalue weighted by molar-refractivity contribution is 7.85. The Morgan fingerprint density at radius 3 is 2.14 bits per heavy atom. The molecule has 9 heteroatoms. The fourth-order valence-electron chi connectivity index (χ4n) is 1.30. The molecule has 0 saturated carbocycles. The van der Waals surface area contributed by atoms with E-state index < -0.39 is 22.1 Å². The van der Waals surface area contributed by atoms with Crippen LogP contribution in [-0.4, -0.2) is 39.1 Å². The molecule has 0 fully saturated rings. The summed E-state index contributed by atoms with van der Waals surface area (Å²) in [6.07, 6.45) is 0.891. The van der Waals surface area contributed by atoms with Crippen molar-refractivity contribution in [1.29, 1.82) is 0 Å². The molecule has 0 amide bonds. The van der Waals surface area contributed by atoms with Crippen molar-refractivity contribution >= 4 is 27.7 Å². The molecule has 0 aliphatic rings. The van der Waals surface area contributed by atoms with Gasteiger partial charge in [-0.2, -0.15) is 8.42 Å². The Bertz CT molecular complexity index is 661. The first-order chi connectivity index (χ1) is 9.77. The number of methoxy groups -OCH3 is 2. The molecule has 0 bridgehead atoms. The standard InChI is InChI=1S/C12H13NO7S/c1-19-11(14)7-10(12(15)20-2)13-8-3-5-9(6-4-8)21(16,17)18/h3-7,13H,1-2H3,(H,16,17,18)/b10-7+. The molecule has 21 heavy (non-hydrogen) atoms. The largest absolute Gasteiger partial charge is 0.466 e. The van der Waals surface area contributed by atoms with Crippen LogP contribution in [0.5, 0.6) is 0 Å². The van der Waals surface area contributed by atoms with E-state index in [0.717, 1.165) is 32.4 Å². The Morgan fingerprint density at radius 1 is 1.14 bits per heavy atom. The second kappa shape index (κ2) is 6.86. The number of benzene rings is 1. The van der Waals surface area contributed by atoms with Crippen molar-refractivity contribution in [3.05, 3.63) is 36.0 Å². The molecule has 114 valence electrons. The molecule has 0 atom stereocenters. The molecule has 0 aromatic heterocycles. The molecular weight excluding hydrogens is 302 g/mol. The summed E-state index contributed by atoms with van der Waals surface area (Å²) in [7, 11) is -2.02. The average Bonchev–Trinajstić information content (AvgIpc) is 2.45. The van der Waals surface area contributed by atoms with E-state index in [0.29, 0.717) is 5.69 Å². The van der Waals surface area contributed by atoms with E-state index in [4.69, 9.17) is 4.55 Å². The van der Waals surface area contributed by atoms with Crippen molar-refractivity contribution in [3.63, 3.8) is 0 Å². The normalized spacial score (nSPS) is 11.7. The van der Waals surface area contributed by atoms with Gasteiger partial charge in [-0.25, -0.2) is 9.59 Å². The molecule has 1 rings (SSSR count). The fraction of sp³-hybridized carbons (Fsp3) is 0.167. The van der Waals surface area contributed by atoms with Gasteiger partial charge in [0.05, 0.1) is 25.2 Å². The van der Waals surface area contributed by atoms with Gasteiger partial charge in [0.1, 0.15) is 5.70 Å². The van der Waals surface area contributed by atoms with Crippen molar-refractivity contribution in [3.8, 4) is 0 Å². The third-order valence-corrected chi connectivity index (χ3v) is 3.17. The maximum absolute atomic E-state index is 11.5. The van der Waals surface area contributed by atoms with Gasteiger partial charge in [0.15, 0.2) is 0 Å². The summed E-state index contributed by atoms with van der Waals surface area (Å²) in [5, 5.41) is 2.58. The Morgan fingerprint density at radius 2 is 1.71 bits per heavy atom. The third kappa shape index (κ3) is 4.89. The third-order valence-electron chi connectivity index (χ3n) is 2.30. The molecule has 0 aliphatic carbocycles. The Kier molecular flexibility index (Phi) is 5.44. The summed E-state index contributed by atoms with van der Waals surface area (Å²) >= 11 is 0. The number of carbonyl (C=O) groups is 2. The van der Waals surface area contributed by atoms with Crippen molar-refractivity contribution in [1.82, 2.24) is 0 Å². The van der Waals surface area contributed by atoms with Crippen molar-refractivity contribution in [2.75, 3.05) is 19.5 Å². The van der Waals surface area contributed by atoms with Gasteiger partial charge in [-0.3, -0.25) is 4.55 Å². The summed E-state index contributed by atoms with van der Waals surface area (Å²) in [5.74, 6) is -1.57. The predicted molar refractivity (Wildman–Crippen MR) is 72.0 cm³/mol. The molecule has 0 radical (unpaired) electrons. The first kappa shape index (κ1) is 16.7. The lowest BCUT2D eigenvalue weighted by Crippen LogP contribution is -2.15. The van der Waals surface area contributed by atoms with Gasteiger partial charge < -0.3 is 14.8 Å². The highest BCUT2D eigenvalue weighted by Crippen LogP contribution is 2.15. The zero-order valence-electron chi connectivity index (χ0n) is 11.2. The summed E-state index contributed by atoms with van der Waals surface area (Å²) < 4.78 is 39.5. The van der Waals surface area contributed by atoms with Crippen LogP contribution in [0.2, 0.25) is 0 Å². The maximum atomic E-state index is 11.5. The van der Waals surface area contributed by atoms with Crippen LogP contribution in [0.4, 0.5) is 5.69 Å². The molecule has 1 aromatic carbocycles. The summed E-state index contributed by atoms with van der Waals surface area (Å²) in [6, 6.07) is 4.86. The SMILES string of the molecule is COC(=O)/C=C(/Nc1ccc(S(=O)(=O)O)cc1)C(=O)OC. The molecule has 0 unspecified atom stereocenters. The topological polar surface area (TPSA) is 119 Å². The zero-order chi connectivity index (χ0) is 16.0. The van der Waals surface area contributed by atoms with Crippen LogP contribution in [0.3, 0.4) is 0 Å². The molecular formula is C12H13NO7S. The van der Waals surface area contributed by atoms with Gasteiger partial charge in [0.25, 0.3) is 10.1 Å². The number of nitrogens with one attached hydrogen (secondary N) is 1. The fourth-order valence-corrected chi connectivity index (χ4v) is 1.78. The molecule has 0 spiro atoms. The number of rotatable bonds is 5. The minimum Gasteiger partial charge on any atom is -0.466 e. The van der Waals surface area contributed by atoms with E-state index in [1.165, 1.54) is 12.1 Å². The Balaban J connectivity index is 3.02. The second-order valence-corrected chi connectivity index (χ2v) is 5.12. The predicted octanol–water partition coefficient (Wildman–Crippen LogP) is 0.575. The van der Waals surface area contributed by atoms with Gasteiger partial charge >= 0.3 is 11.9 Å². The summed E-state index contributed by atoms with van der Waals surface area (Å²) in [5.41, 5.74) is 0.118. The minimum absolute atomic E-state index is 0.191. The summed E-state index contributed by atoms with van der Waals surface area (Å²) in [6.45, 7) is 0. The quantitative estimate of drug-likeness (QED) is 0.460. The van der Waals surface area contributed by atoms with Crippen LogP contribution in [-0.2, 0) is 29.2 Å². The molecule has 0 aliphatic heterocycles. The zero-order valence-corrected chi connectivity index (χ0v) is 12.0. The van der Waals surface area contributed by atoms with Crippen molar-refractivity contribution in [2.45, 2.75) is 4.90 Å². The minimum atomic E-state index is -4.30. The highest BCUT2D eigenvalue weighted by atomic mass is 32.2. The average molecular weight is 315 g/mol. The molecule has 1 aromatic rings.